The van der Waals surface area contributed by atoms with Crippen molar-refractivity contribution in [1.29, 1.82) is 0 Å². The van der Waals surface area contributed by atoms with Crippen molar-refractivity contribution in [3.8, 4) is 0 Å². The van der Waals surface area contributed by atoms with Gasteiger partial charge in [0.15, 0.2) is 0 Å². The fraction of sp³-hybridized carbons (Fsp3) is 0.652. The predicted octanol–water partition coefficient (Wildman–Crippen LogP) is 2.02. The number of amides is 2. The Kier molecular flexibility index (Phi) is 6.89. The maximum absolute atomic E-state index is 13.5. The third-order valence-corrected chi connectivity index (χ3v) is 6.76. The monoisotopic (exact) mass is 433 g/mol. The number of halogens is 1. The maximum Gasteiger partial charge on any atom is 0.256 e. The number of ether oxygens (including phenoxy) is 2. The average molecular weight is 434 g/mol. The van der Waals surface area contributed by atoms with E-state index < -0.39 is 17.6 Å². The molecule has 2 heterocycles. The lowest BCUT2D eigenvalue weighted by molar-refractivity contribution is -0.127. The molecule has 1 N–H and O–H groups in total. The lowest BCUT2D eigenvalue weighted by Crippen LogP contribution is -2.57. The average Bonchev–Trinajstić information content (AvgIpc) is 3.15. The minimum absolute atomic E-state index is 0.185. The molecule has 2 aliphatic heterocycles. The lowest BCUT2D eigenvalue weighted by atomic mass is 9.83. The van der Waals surface area contributed by atoms with Gasteiger partial charge in [0.25, 0.3) is 5.91 Å². The second-order valence-electron chi connectivity index (χ2n) is 8.88. The van der Waals surface area contributed by atoms with Gasteiger partial charge in [0.2, 0.25) is 5.91 Å². The van der Waals surface area contributed by atoms with Crippen LogP contribution in [-0.2, 0) is 14.3 Å². The van der Waals surface area contributed by atoms with Gasteiger partial charge in [-0.3, -0.25) is 19.4 Å². The van der Waals surface area contributed by atoms with Crippen molar-refractivity contribution in [3.63, 3.8) is 0 Å². The van der Waals surface area contributed by atoms with E-state index >= 15 is 0 Å². The van der Waals surface area contributed by atoms with Gasteiger partial charge in [-0.2, -0.15) is 0 Å². The van der Waals surface area contributed by atoms with E-state index in [2.05, 4.69) is 17.1 Å². The Bertz CT molecular complexity index is 774. The van der Waals surface area contributed by atoms with Crippen LogP contribution in [0.5, 0.6) is 0 Å². The number of hydrogen-bond acceptors (Lipinski definition) is 5. The molecule has 1 saturated carbocycles. The molecule has 2 saturated heterocycles. The van der Waals surface area contributed by atoms with Crippen LogP contribution in [0.2, 0.25) is 0 Å². The van der Waals surface area contributed by atoms with Gasteiger partial charge in [-0.15, -0.1) is 0 Å². The van der Waals surface area contributed by atoms with Crippen LogP contribution >= 0.6 is 0 Å². The third-order valence-electron chi connectivity index (χ3n) is 6.76. The number of rotatable bonds is 5. The second-order valence-corrected chi connectivity index (χ2v) is 8.88. The summed E-state index contributed by atoms with van der Waals surface area (Å²) in [4.78, 5) is 30.4. The van der Waals surface area contributed by atoms with Crippen LogP contribution in [0.3, 0.4) is 0 Å². The quantitative estimate of drug-likeness (QED) is 0.769. The smallest absolute Gasteiger partial charge is 0.256 e. The summed E-state index contributed by atoms with van der Waals surface area (Å²) in [5.74, 6) is -0.300. The van der Waals surface area contributed by atoms with Gasteiger partial charge in [-0.25, -0.2) is 4.39 Å². The highest BCUT2D eigenvalue weighted by Gasteiger charge is 2.53. The van der Waals surface area contributed by atoms with E-state index in [1.165, 1.54) is 24.3 Å². The molecule has 2 amide bonds. The van der Waals surface area contributed by atoms with Crippen molar-refractivity contribution in [2.75, 3.05) is 46.0 Å². The third kappa shape index (κ3) is 4.91. The number of nitrogens with zero attached hydrogens (tertiary/aromatic N) is 2. The van der Waals surface area contributed by atoms with Crippen LogP contribution in [0.15, 0.2) is 24.3 Å². The minimum atomic E-state index is -0.760. The van der Waals surface area contributed by atoms with E-state index in [0.717, 1.165) is 32.5 Å². The Labute approximate surface area is 182 Å². The van der Waals surface area contributed by atoms with Gasteiger partial charge in [0, 0.05) is 31.7 Å². The summed E-state index contributed by atoms with van der Waals surface area (Å²) >= 11 is 0. The maximum atomic E-state index is 13.5. The zero-order chi connectivity index (χ0) is 21.8. The molecule has 170 valence electrons. The molecule has 1 aromatic carbocycles. The molecule has 0 aromatic heterocycles. The van der Waals surface area contributed by atoms with Gasteiger partial charge in [-0.1, -0.05) is 6.92 Å². The first-order valence-electron chi connectivity index (χ1n) is 11.3. The first-order valence-corrected chi connectivity index (χ1v) is 11.3. The second kappa shape index (κ2) is 9.63. The molecule has 1 aliphatic carbocycles. The van der Waals surface area contributed by atoms with Gasteiger partial charge in [0.05, 0.1) is 19.8 Å². The van der Waals surface area contributed by atoms with Crippen molar-refractivity contribution in [2.45, 2.75) is 44.4 Å². The normalized spacial score (nSPS) is 29.3. The number of carbonyl (C=O) groups excluding carboxylic acids is 2. The van der Waals surface area contributed by atoms with E-state index in [-0.39, 0.29) is 18.4 Å². The number of hydrogen-bond donors (Lipinski definition) is 1. The summed E-state index contributed by atoms with van der Waals surface area (Å²) in [6.07, 6.45) is 3.30. The standard InChI is InChI=1S/C23H32FN3O4/c1-17-6-8-23(9-7-17)27(22(29)18-2-4-19(24)5-3-18)20(16-31-23)21(28)25-10-11-26-12-14-30-15-13-26/h2-5,17,20H,6-16H2,1H3,(H,25,28)/t17?,20-,23?/m0/s1. The number of nitrogens with one attached hydrogen (secondary N) is 1. The largest absolute Gasteiger partial charge is 0.379 e. The van der Waals surface area contributed by atoms with E-state index in [1.807, 2.05) is 0 Å². The van der Waals surface area contributed by atoms with E-state index in [1.54, 1.807) is 4.90 Å². The molecule has 8 heteroatoms. The van der Waals surface area contributed by atoms with Crippen molar-refractivity contribution < 1.29 is 23.5 Å². The fourth-order valence-electron chi connectivity index (χ4n) is 4.79. The highest BCUT2D eigenvalue weighted by molar-refractivity contribution is 5.98. The molecule has 0 bridgehead atoms. The molecule has 3 aliphatic rings. The van der Waals surface area contributed by atoms with E-state index in [9.17, 15) is 14.0 Å². The van der Waals surface area contributed by atoms with E-state index in [0.29, 0.717) is 44.1 Å². The molecule has 0 radical (unpaired) electrons. The van der Waals surface area contributed by atoms with Crippen LogP contribution in [-0.4, -0.2) is 79.4 Å². The number of carbonyl (C=O) groups is 2. The molecule has 1 atom stereocenters. The Morgan fingerprint density at radius 1 is 1.16 bits per heavy atom. The highest BCUT2D eigenvalue weighted by Crippen LogP contribution is 2.43. The SMILES string of the molecule is CC1CCC2(CC1)OC[C@@H](C(=O)NCCN1CCOCC1)N2C(=O)c1ccc(F)cc1. The topological polar surface area (TPSA) is 71.1 Å². The molecule has 4 rings (SSSR count). The van der Waals surface area contributed by atoms with Gasteiger partial charge in [0.1, 0.15) is 17.6 Å². The van der Waals surface area contributed by atoms with Gasteiger partial charge in [-0.05, 0) is 55.9 Å². The van der Waals surface area contributed by atoms with Crippen LogP contribution in [0.25, 0.3) is 0 Å². The molecule has 0 unspecified atom stereocenters. The van der Waals surface area contributed by atoms with Crippen molar-refractivity contribution >= 4 is 11.8 Å². The summed E-state index contributed by atoms with van der Waals surface area (Å²) < 4.78 is 24.9. The summed E-state index contributed by atoms with van der Waals surface area (Å²) in [7, 11) is 0. The van der Waals surface area contributed by atoms with Crippen molar-refractivity contribution in [1.82, 2.24) is 15.1 Å². The summed E-state index contributed by atoms with van der Waals surface area (Å²) in [6.45, 7) is 6.79. The van der Waals surface area contributed by atoms with Gasteiger partial charge >= 0.3 is 0 Å². The molecular formula is C23H32FN3O4. The van der Waals surface area contributed by atoms with Crippen LogP contribution < -0.4 is 5.32 Å². The fourth-order valence-corrected chi connectivity index (χ4v) is 4.79. The Balaban J connectivity index is 1.47. The summed E-state index contributed by atoms with van der Waals surface area (Å²) in [5, 5.41) is 2.99. The Morgan fingerprint density at radius 3 is 2.52 bits per heavy atom. The van der Waals surface area contributed by atoms with Crippen molar-refractivity contribution in [2.24, 2.45) is 5.92 Å². The molecule has 31 heavy (non-hydrogen) atoms. The van der Waals surface area contributed by atoms with E-state index in [4.69, 9.17) is 9.47 Å². The van der Waals surface area contributed by atoms with Crippen LogP contribution in [0.4, 0.5) is 4.39 Å². The van der Waals surface area contributed by atoms with Gasteiger partial charge < -0.3 is 14.8 Å². The highest BCUT2D eigenvalue weighted by atomic mass is 19.1. The predicted molar refractivity (Wildman–Crippen MR) is 113 cm³/mol. The van der Waals surface area contributed by atoms with Crippen LogP contribution in [0.1, 0.15) is 43.0 Å². The first kappa shape index (κ1) is 22.2. The molecule has 3 fully saturated rings. The Hall–Kier alpha value is -2.03. The molecule has 1 spiro atoms. The number of morpholine rings is 1. The number of benzene rings is 1. The van der Waals surface area contributed by atoms with Crippen molar-refractivity contribution in [3.05, 3.63) is 35.6 Å². The molecular weight excluding hydrogens is 401 g/mol. The zero-order valence-electron chi connectivity index (χ0n) is 18.1. The summed E-state index contributed by atoms with van der Waals surface area (Å²) in [6, 6.07) is 4.81. The minimum Gasteiger partial charge on any atom is -0.379 e. The lowest BCUT2D eigenvalue weighted by Gasteiger charge is -2.43. The molecule has 1 aromatic rings. The zero-order valence-corrected chi connectivity index (χ0v) is 18.1. The van der Waals surface area contributed by atoms with Crippen LogP contribution in [0, 0.1) is 11.7 Å². The first-order chi connectivity index (χ1) is 15.0. The Morgan fingerprint density at radius 2 is 1.84 bits per heavy atom. The molecule has 7 nitrogen and oxygen atoms in total. The summed E-state index contributed by atoms with van der Waals surface area (Å²) in [5.41, 5.74) is -0.388.